The van der Waals surface area contributed by atoms with Crippen LogP contribution in [-0.2, 0) is 26.2 Å². The summed E-state index contributed by atoms with van der Waals surface area (Å²) in [7, 11) is -3.56. The largest absolute Gasteiger partial charge is 0.494 e. The van der Waals surface area contributed by atoms with Gasteiger partial charge >= 0.3 is 0 Å². The predicted molar refractivity (Wildman–Crippen MR) is 146 cm³/mol. The number of carbonyl (C=O) groups is 2. The zero-order chi connectivity index (χ0) is 26.9. The van der Waals surface area contributed by atoms with Crippen molar-refractivity contribution in [3.63, 3.8) is 0 Å². The van der Waals surface area contributed by atoms with Crippen molar-refractivity contribution in [2.75, 3.05) is 23.7 Å². The molecule has 36 heavy (non-hydrogen) atoms. The van der Waals surface area contributed by atoms with E-state index in [2.05, 4.69) is 21.2 Å². The number of nitrogens with zero attached hydrogens (tertiary/aromatic N) is 2. The monoisotopic (exact) mass is 581 g/mol. The molecule has 0 radical (unpaired) electrons. The van der Waals surface area contributed by atoms with E-state index in [0.29, 0.717) is 24.5 Å². The maximum Gasteiger partial charge on any atom is 0.242 e. The lowest BCUT2D eigenvalue weighted by Crippen LogP contribution is -2.49. The van der Waals surface area contributed by atoms with Crippen LogP contribution in [0, 0.1) is 0 Å². The highest BCUT2D eigenvalue weighted by Gasteiger charge is 2.27. The van der Waals surface area contributed by atoms with Crippen molar-refractivity contribution in [2.45, 2.75) is 59.2 Å². The average Bonchev–Trinajstić information content (AvgIpc) is 2.79. The van der Waals surface area contributed by atoms with Gasteiger partial charge in [0, 0.05) is 30.0 Å². The summed E-state index contributed by atoms with van der Waals surface area (Å²) in [6, 6.07) is 13.6. The Hall–Kier alpha value is -2.59. The van der Waals surface area contributed by atoms with Crippen molar-refractivity contribution in [2.24, 2.45) is 0 Å². The van der Waals surface area contributed by atoms with Gasteiger partial charge in [0.25, 0.3) is 0 Å². The lowest BCUT2D eigenvalue weighted by atomic mass is 10.1. The number of ether oxygens (including phenoxy) is 1. The minimum Gasteiger partial charge on any atom is -0.494 e. The predicted octanol–water partition coefficient (Wildman–Crippen LogP) is 4.34. The molecule has 0 aliphatic heterocycles. The van der Waals surface area contributed by atoms with Crippen LogP contribution in [0.4, 0.5) is 5.69 Å². The number of sulfonamides is 1. The first-order valence-corrected chi connectivity index (χ1v) is 14.6. The molecule has 0 spiro atoms. The van der Waals surface area contributed by atoms with Gasteiger partial charge in [-0.05, 0) is 76.1 Å². The van der Waals surface area contributed by atoms with E-state index in [9.17, 15) is 18.0 Å². The van der Waals surface area contributed by atoms with Crippen LogP contribution in [-0.4, -0.2) is 56.6 Å². The summed E-state index contributed by atoms with van der Waals surface area (Å²) < 4.78 is 32.5. The van der Waals surface area contributed by atoms with Crippen molar-refractivity contribution >= 4 is 43.5 Å². The van der Waals surface area contributed by atoms with Crippen LogP contribution in [0.3, 0.4) is 0 Å². The zero-order valence-corrected chi connectivity index (χ0v) is 23.9. The van der Waals surface area contributed by atoms with Crippen molar-refractivity contribution < 1.29 is 22.7 Å². The standard InChI is InChI=1S/C26H36BrN3O5S/c1-6-35-24-14-12-23(13-15-24)30(36(5,33)34)16-8-11-25(31)29(20(4)26(32)28-19(2)3)18-21-9-7-10-22(27)17-21/h7,9-10,12-15,17,19-20H,6,8,11,16,18H2,1-5H3,(H,28,32). The normalized spacial score (nSPS) is 12.2. The van der Waals surface area contributed by atoms with Crippen molar-refractivity contribution in [1.82, 2.24) is 10.2 Å². The summed E-state index contributed by atoms with van der Waals surface area (Å²) in [6.07, 6.45) is 1.53. The van der Waals surface area contributed by atoms with E-state index in [1.807, 2.05) is 45.0 Å². The topological polar surface area (TPSA) is 96.0 Å². The molecule has 10 heteroatoms. The fourth-order valence-corrected chi connectivity index (χ4v) is 5.11. The summed E-state index contributed by atoms with van der Waals surface area (Å²) in [4.78, 5) is 27.6. The Morgan fingerprint density at radius 1 is 1.08 bits per heavy atom. The maximum atomic E-state index is 13.3. The second-order valence-corrected chi connectivity index (χ2v) is 11.7. The van der Waals surface area contributed by atoms with Crippen LogP contribution in [0.2, 0.25) is 0 Å². The number of anilines is 1. The van der Waals surface area contributed by atoms with Crippen LogP contribution in [0.5, 0.6) is 5.75 Å². The van der Waals surface area contributed by atoms with Crippen LogP contribution >= 0.6 is 15.9 Å². The molecular formula is C26H36BrN3O5S. The number of nitrogens with one attached hydrogen (secondary N) is 1. The number of halogens is 1. The van der Waals surface area contributed by atoms with Crippen LogP contribution in [0.25, 0.3) is 0 Å². The molecular weight excluding hydrogens is 546 g/mol. The van der Waals surface area contributed by atoms with Crippen LogP contribution in [0.1, 0.15) is 46.1 Å². The minimum atomic E-state index is -3.56. The Labute approximate surface area is 223 Å². The van der Waals surface area contributed by atoms with Gasteiger partial charge in [-0.15, -0.1) is 0 Å². The number of hydrogen-bond donors (Lipinski definition) is 1. The molecule has 2 aromatic rings. The van der Waals surface area contributed by atoms with Gasteiger partial charge in [0.1, 0.15) is 11.8 Å². The van der Waals surface area contributed by atoms with Gasteiger partial charge in [0.15, 0.2) is 0 Å². The fraction of sp³-hybridized carbons (Fsp3) is 0.462. The zero-order valence-electron chi connectivity index (χ0n) is 21.5. The number of benzene rings is 2. The Morgan fingerprint density at radius 3 is 2.31 bits per heavy atom. The Bertz CT molecular complexity index is 1120. The van der Waals surface area contributed by atoms with Crippen LogP contribution in [0.15, 0.2) is 53.0 Å². The molecule has 0 saturated heterocycles. The lowest BCUT2D eigenvalue weighted by molar-refractivity contribution is -0.140. The third kappa shape index (κ3) is 9.13. The van der Waals surface area contributed by atoms with Gasteiger partial charge < -0.3 is 15.0 Å². The van der Waals surface area contributed by atoms with Crippen molar-refractivity contribution in [3.05, 3.63) is 58.6 Å². The Balaban J connectivity index is 2.15. The number of rotatable bonds is 13. The molecule has 1 N–H and O–H groups in total. The number of hydrogen-bond acceptors (Lipinski definition) is 5. The molecule has 0 aliphatic carbocycles. The highest BCUT2D eigenvalue weighted by molar-refractivity contribution is 9.10. The first-order chi connectivity index (χ1) is 16.9. The quantitative estimate of drug-likeness (QED) is 0.379. The Morgan fingerprint density at radius 2 is 1.75 bits per heavy atom. The molecule has 2 amide bonds. The van der Waals surface area contributed by atoms with E-state index in [1.54, 1.807) is 36.1 Å². The molecule has 0 heterocycles. The van der Waals surface area contributed by atoms with E-state index in [-0.39, 0.29) is 37.4 Å². The van der Waals surface area contributed by atoms with E-state index >= 15 is 0 Å². The minimum absolute atomic E-state index is 0.0554. The molecule has 0 aliphatic rings. The first kappa shape index (κ1) is 29.6. The summed E-state index contributed by atoms with van der Waals surface area (Å²) >= 11 is 3.45. The van der Waals surface area contributed by atoms with Gasteiger partial charge in [-0.2, -0.15) is 0 Å². The van der Waals surface area contributed by atoms with Gasteiger partial charge in [-0.3, -0.25) is 13.9 Å². The molecule has 1 unspecified atom stereocenters. The maximum absolute atomic E-state index is 13.3. The summed E-state index contributed by atoms with van der Waals surface area (Å²) in [5, 5.41) is 2.86. The Kier molecular flexibility index (Phi) is 11.2. The van der Waals surface area contributed by atoms with E-state index in [1.165, 1.54) is 4.31 Å². The summed E-state index contributed by atoms with van der Waals surface area (Å²) in [5.74, 6) is 0.198. The van der Waals surface area contributed by atoms with Crippen molar-refractivity contribution in [1.29, 1.82) is 0 Å². The second kappa shape index (κ2) is 13.6. The average molecular weight is 583 g/mol. The molecule has 198 valence electrons. The van der Waals surface area contributed by atoms with E-state index < -0.39 is 16.1 Å². The third-order valence-corrected chi connectivity index (χ3v) is 7.12. The second-order valence-electron chi connectivity index (χ2n) is 8.86. The summed E-state index contributed by atoms with van der Waals surface area (Å²) in [6.45, 7) is 8.23. The third-order valence-electron chi connectivity index (χ3n) is 5.43. The number of amides is 2. The fourth-order valence-electron chi connectivity index (χ4n) is 3.70. The highest BCUT2D eigenvalue weighted by atomic mass is 79.9. The molecule has 2 rings (SSSR count). The van der Waals surface area contributed by atoms with Gasteiger partial charge in [0.05, 0.1) is 18.6 Å². The SMILES string of the molecule is CCOc1ccc(N(CCCC(=O)N(Cc2cccc(Br)c2)C(C)C(=O)NC(C)C)S(C)(=O)=O)cc1. The first-order valence-electron chi connectivity index (χ1n) is 12.0. The smallest absolute Gasteiger partial charge is 0.242 e. The van der Waals surface area contributed by atoms with Gasteiger partial charge in [0.2, 0.25) is 21.8 Å². The van der Waals surface area contributed by atoms with E-state index in [0.717, 1.165) is 16.3 Å². The van der Waals surface area contributed by atoms with E-state index in [4.69, 9.17) is 4.74 Å². The number of carbonyl (C=O) groups excluding carboxylic acids is 2. The lowest BCUT2D eigenvalue weighted by Gasteiger charge is -2.30. The molecule has 2 aromatic carbocycles. The molecule has 0 saturated carbocycles. The molecule has 0 fully saturated rings. The van der Waals surface area contributed by atoms with Gasteiger partial charge in [-0.25, -0.2) is 8.42 Å². The van der Waals surface area contributed by atoms with Gasteiger partial charge in [-0.1, -0.05) is 28.1 Å². The van der Waals surface area contributed by atoms with Crippen LogP contribution < -0.4 is 14.4 Å². The molecule has 0 bridgehead atoms. The molecule has 1 atom stereocenters. The summed E-state index contributed by atoms with van der Waals surface area (Å²) in [5.41, 5.74) is 1.39. The molecule has 0 aromatic heterocycles. The van der Waals surface area contributed by atoms with Crippen molar-refractivity contribution in [3.8, 4) is 5.75 Å². The highest BCUT2D eigenvalue weighted by Crippen LogP contribution is 2.23. The molecule has 8 nitrogen and oxygen atoms in total.